The molecule has 1 N–H and O–H groups in total. The van der Waals surface area contributed by atoms with Gasteiger partial charge in [0.1, 0.15) is 6.54 Å². The van der Waals surface area contributed by atoms with Crippen LogP contribution in [0.2, 0.25) is 10.0 Å². The van der Waals surface area contributed by atoms with Crippen molar-refractivity contribution >= 4 is 40.8 Å². The number of halogens is 11. The number of aromatic nitrogens is 3. The van der Waals surface area contributed by atoms with Crippen LogP contribution in [0.5, 0.6) is 0 Å². The van der Waals surface area contributed by atoms with Crippen molar-refractivity contribution in [1.29, 1.82) is 0 Å². The van der Waals surface area contributed by atoms with Crippen molar-refractivity contribution in [3.05, 3.63) is 74.3 Å². The van der Waals surface area contributed by atoms with Gasteiger partial charge < -0.3 is 4.84 Å². The zero-order chi connectivity index (χ0) is 30.5. The van der Waals surface area contributed by atoms with E-state index in [1.807, 2.05) is 5.32 Å². The van der Waals surface area contributed by atoms with Gasteiger partial charge in [0.25, 0.3) is 17.9 Å². The molecule has 0 fully saturated rings. The lowest BCUT2D eigenvalue weighted by Gasteiger charge is -2.29. The summed E-state index contributed by atoms with van der Waals surface area (Å²) in [6, 6.07) is 5.04. The summed E-state index contributed by atoms with van der Waals surface area (Å²) < 4.78 is 121. The van der Waals surface area contributed by atoms with Gasteiger partial charge in [0.05, 0.1) is 15.8 Å². The van der Waals surface area contributed by atoms with E-state index in [-0.39, 0.29) is 27.1 Å². The Balaban J connectivity index is 1.59. The van der Waals surface area contributed by atoms with E-state index < -0.39 is 76.5 Å². The molecule has 0 spiro atoms. The summed E-state index contributed by atoms with van der Waals surface area (Å²) in [4.78, 5) is 20.6. The Labute approximate surface area is 233 Å². The fraction of sp³-hybridized carbons (Fsp3) is 0.304. The van der Waals surface area contributed by atoms with Crippen LogP contribution in [0.15, 0.2) is 35.5 Å². The molecule has 0 radical (unpaired) electrons. The Morgan fingerprint density at radius 3 is 2.29 bits per heavy atom. The second-order valence-electron chi connectivity index (χ2n) is 8.70. The lowest BCUT2D eigenvalue weighted by atomic mass is 9.86. The molecule has 220 valence electrons. The Hall–Kier alpha value is -3.53. The predicted molar refractivity (Wildman–Crippen MR) is 127 cm³/mol. The summed E-state index contributed by atoms with van der Waals surface area (Å²) in [5.74, 6) is -4.80. The van der Waals surface area contributed by atoms with Crippen LogP contribution < -0.4 is 5.32 Å². The summed E-state index contributed by atoms with van der Waals surface area (Å²) in [6.45, 7) is -0.0549. The highest BCUT2D eigenvalue weighted by Crippen LogP contribution is 2.50. The molecular formula is C23H14Cl2F9N5O2. The van der Waals surface area contributed by atoms with Crippen LogP contribution in [0.1, 0.15) is 39.3 Å². The zero-order valence-electron chi connectivity index (χ0n) is 20.1. The van der Waals surface area contributed by atoms with Gasteiger partial charge in [-0.15, -0.1) is 5.10 Å². The van der Waals surface area contributed by atoms with Crippen molar-refractivity contribution in [2.75, 3.05) is 5.32 Å². The molecule has 0 saturated heterocycles. The van der Waals surface area contributed by atoms with E-state index in [1.54, 1.807) is 0 Å². The van der Waals surface area contributed by atoms with Gasteiger partial charge in [0.15, 0.2) is 5.82 Å². The van der Waals surface area contributed by atoms with Crippen molar-refractivity contribution < 1.29 is 49.1 Å². The van der Waals surface area contributed by atoms with Gasteiger partial charge in [-0.1, -0.05) is 34.4 Å². The number of hydrogen-bond donors (Lipinski definition) is 1. The fourth-order valence-corrected chi connectivity index (χ4v) is 4.46. The summed E-state index contributed by atoms with van der Waals surface area (Å²) >= 11 is 11.4. The number of aryl methyl sites for hydroxylation is 1. The van der Waals surface area contributed by atoms with Crippen molar-refractivity contribution in [2.24, 2.45) is 5.16 Å². The first-order valence-corrected chi connectivity index (χ1v) is 11.9. The maximum Gasteiger partial charge on any atom is 0.451 e. The average Bonchev–Trinajstić information content (AvgIpc) is 3.47. The van der Waals surface area contributed by atoms with Gasteiger partial charge in [-0.05, 0) is 42.3 Å². The number of carbonyl (C=O) groups excluding carboxylic acids is 1. The standard InChI is InChI=1S/C23H14Cl2F9N5O2/c1-9-4-10(15-7-21(41-38-15,23(32,33)34)11-5-13(24)17(28)14(25)6-11)2-3-12(9)18(40)35-20-36-19(22(29,30)31)39(37-20)8-16(26)27/h2-6,16H,7-8H2,1H3,(H,35,37,40). The second-order valence-corrected chi connectivity index (χ2v) is 9.51. The summed E-state index contributed by atoms with van der Waals surface area (Å²) in [6.07, 6.45) is -14.3. The molecule has 0 saturated carbocycles. The monoisotopic (exact) mass is 633 g/mol. The number of carbonyl (C=O) groups is 1. The highest BCUT2D eigenvalue weighted by molar-refractivity contribution is 6.35. The Morgan fingerprint density at radius 1 is 1.12 bits per heavy atom. The highest BCUT2D eigenvalue weighted by atomic mass is 35.5. The maximum atomic E-state index is 14.2. The van der Waals surface area contributed by atoms with E-state index in [9.17, 15) is 44.3 Å². The summed E-state index contributed by atoms with van der Waals surface area (Å²) in [5.41, 5.74) is -3.80. The van der Waals surface area contributed by atoms with E-state index in [1.165, 1.54) is 19.1 Å². The molecule has 2 aromatic carbocycles. The lowest BCUT2D eigenvalue weighted by molar-refractivity contribution is -0.275. The van der Waals surface area contributed by atoms with Crippen LogP contribution in [0, 0.1) is 12.7 Å². The van der Waals surface area contributed by atoms with Crippen LogP contribution in [-0.2, 0) is 23.2 Å². The molecule has 0 bridgehead atoms. The molecule has 0 aliphatic carbocycles. The van der Waals surface area contributed by atoms with Gasteiger partial charge in [-0.25, -0.2) is 17.9 Å². The van der Waals surface area contributed by atoms with Crippen molar-refractivity contribution in [1.82, 2.24) is 14.8 Å². The Kier molecular flexibility index (Phi) is 7.94. The second kappa shape index (κ2) is 10.7. The van der Waals surface area contributed by atoms with E-state index in [4.69, 9.17) is 28.0 Å². The summed E-state index contributed by atoms with van der Waals surface area (Å²) in [7, 11) is 0. The smallest absolute Gasteiger partial charge is 0.374 e. The Bertz CT molecular complexity index is 1520. The number of anilines is 1. The number of rotatable bonds is 6. The molecule has 1 aliphatic rings. The number of alkyl halides is 8. The van der Waals surface area contributed by atoms with Crippen LogP contribution >= 0.6 is 23.2 Å². The summed E-state index contributed by atoms with van der Waals surface area (Å²) in [5, 5.41) is 7.45. The molecule has 18 heteroatoms. The Morgan fingerprint density at radius 2 is 1.76 bits per heavy atom. The topological polar surface area (TPSA) is 81.4 Å². The molecule has 4 rings (SSSR count). The first-order chi connectivity index (χ1) is 18.9. The van der Waals surface area contributed by atoms with Gasteiger partial charge in [-0.3, -0.25) is 10.1 Å². The number of oxime groups is 1. The molecule has 2 heterocycles. The molecule has 3 aromatic rings. The van der Waals surface area contributed by atoms with E-state index >= 15 is 0 Å². The minimum absolute atomic E-state index is 0.0863. The first-order valence-electron chi connectivity index (χ1n) is 11.1. The SMILES string of the molecule is Cc1cc(C2=NOC(c3cc(Cl)c(F)c(Cl)c3)(C(F)(F)F)C2)ccc1C(=O)Nc1nc(C(F)(F)F)n(CC(F)F)n1. The molecule has 41 heavy (non-hydrogen) atoms. The van der Waals surface area contributed by atoms with Crippen LogP contribution in [0.25, 0.3) is 0 Å². The third kappa shape index (κ3) is 5.93. The number of nitrogens with one attached hydrogen (secondary N) is 1. The normalized spacial score (nSPS) is 17.5. The van der Waals surface area contributed by atoms with Crippen LogP contribution in [0.3, 0.4) is 0 Å². The van der Waals surface area contributed by atoms with E-state index in [2.05, 4.69) is 15.2 Å². The number of hydrogen-bond acceptors (Lipinski definition) is 5. The van der Waals surface area contributed by atoms with Gasteiger partial charge in [-0.2, -0.15) is 31.3 Å². The van der Waals surface area contributed by atoms with E-state index in [0.29, 0.717) is 12.1 Å². The van der Waals surface area contributed by atoms with Crippen molar-refractivity contribution in [3.63, 3.8) is 0 Å². The van der Waals surface area contributed by atoms with Gasteiger partial charge in [0.2, 0.25) is 11.8 Å². The molecule has 1 amide bonds. The maximum absolute atomic E-state index is 14.2. The van der Waals surface area contributed by atoms with Gasteiger partial charge >= 0.3 is 12.4 Å². The molecule has 1 unspecified atom stereocenters. The third-order valence-corrected chi connectivity index (χ3v) is 6.45. The quantitative estimate of drug-likeness (QED) is 0.231. The minimum Gasteiger partial charge on any atom is -0.374 e. The molecule has 1 atom stereocenters. The van der Waals surface area contributed by atoms with Gasteiger partial charge in [0, 0.05) is 17.5 Å². The molecule has 1 aliphatic heterocycles. The highest BCUT2D eigenvalue weighted by Gasteiger charge is 2.62. The minimum atomic E-state index is -5.14. The van der Waals surface area contributed by atoms with Crippen LogP contribution in [-0.4, -0.2) is 39.0 Å². The molecule has 7 nitrogen and oxygen atoms in total. The third-order valence-electron chi connectivity index (χ3n) is 5.90. The van der Waals surface area contributed by atoms with Crippen molar-refractivity contribution in [2.45, 2.75) is 44.3 Å². The average molecular weight is 634 g/mol. The fourth-order valence-electron chi connectivity index (χ4n) is 3.98. The van der Waals surface area contributed by atoms with Crippen molar-refractivity contribution in [3.8, 4) is 0 Å². The number of nitrogens with zero attached hydrogens (tertiary/aromatic N) is 4. The van der Waals surface area contributed by atoms with Crippen LogP contribution in [0.4, 0.5) is 45.5 Å². The largest absolute Gasteiger partial charge is 0.451 e. The molecule has 1 aromatic heterocycles. The number of benzene rings is 2. The first kappa shape index (κ1) is 30.4. The number of amides is 1. The predicted octanol–water partition coefficient (Wildman–Crippen LogP) is 7.15. The molecular weight excluding hydrogens is 620 g/mol. The van der Waals surface area contributed by atoms with E-state index in [0.717, 1.165) is 6.07 Å². The zero-order valence-corrected chi connectivity index (χ0v) is 21.7. The lowest BCUT2D eigenvalue weighted by Crippen LogP contribution is -2.42.